The van der Waals surface area contributed by atoms with Gasteiger partial charge in [0.15, 0.2) is 11.5 Å². The molecule has 0 saturated carbocycles. The number of pyridine rings is 2. The fourth-order valence-electron chi connectivity index (χ4n) is 3.48. The maximum atomic E-state index is 14.3. The van der Waals surface area contributed by atoms with Gasteiger partial charge in [0.2, 0.25) is 0 Å². The highest BCUT2D eigenvalue weighted by Gasteiger charge is 2.41. The minimum Gasteiger partial charge on any atom is -0.444 e. The van der Waals surface area contributed by atoms with Gasteiger partial charge >= 0.3 is 12.3 Å². The first kappa shape index (κ1) is 27.7. The number of anilines is 2. The SMILES string of the molecule is Cc1cnc(NC(=O)OC(C)(C)C)cc1-n1ncc(C(=O)Nc2cnc(-n3nccn3)c(C#N)c2)c1C(F)(F)F. The van der Waals surface area contributed by atoms with Gasteiger partial charge in [0, 0.05) is 12.3 Å². The first-order chi connectivity index (χ1) is 18.8. The number of carbonyl (C=O) groups excluding carboxylic acids is 2. The third-order valence-corrected chi connectivity index (χ3v) is 5.07. The van der Waals surface area contributed by atoms with E-state index in [9.17, 15) is 28.0 Å². The monoisotopic (exact) mass is 554 g/mol. The van der Waals surface area contributed by atoms with Crippen molar-refractivity contribution in [3.63, 3.8) is 0 Å². The van der Waals surface area contributed by atoms with Crippen molar-refractivity contribution in [3.05, 3.63) is 65.5 Å². The number of nitrogens with zero attached hydrogens (tertiary/aromatic N) is 8. The summed E-state index contributed by atoms with van der Waals surface area (Å²) in [6.45, 7) is 6.43. The maximum absolute atomic E-state index is 14.3. The zero-order valence-electron chi connectivity index (χ0n) is 21.5. The van der Waals surface area contributed by atoms with Crippen LogP contribution in [0.1, 0.15) is 48.0 Å². The Morgan fingerprint density at radius 3 is 2.33 bits per heavy atom. The van der Waals surface area contributed by atoms with Crippen LogP contribution in [0.15, 0.2) is 43.1 Å². The molecule has 4 heterocycles. The zero-order chi connectivity index (χ0) is 29.2. The van der Waals surface area contributed by atoms with Gasteiger partial charge in [-0.25, -0.2) is 19.4 Å². The zero-order valence-corrected chi connectivity index (χ0v) is 21.5. The van der Waals surface area contributed by atoms with Gasteiger partial charge < -0.3 is 10.1 Å². The summed E-state index contributed by atoms with van der Waals surface area (Å²) in [5.74, 6) is -1.17. The molecule has 0 aliphatic heterocycles. The van der Waals surface area contributed by atoms with Crippen LogP contribution in [0, 0.1) is 18.3 Å². The fraction of sp³-hybridized carbons (Fsp3) is 0.250. The van der Waals surface area contributed by atoms with Crippen molar-refractivity contribution in [2.24, 2.45) is 0 Å². The Kier molecular flexibility index (Phi) is 7.23. The van der Waals surface area contributed by atoms with Gasteiger partial charge in [0.25, 0.3) is 5.91 Å². The number of carbonyl (C=O) groups is 2. The predicted octanol–water partition coefficient (Wildman–Crippen LogP) is 4.04. The van der Waals surface area contributed by atoms with Crippen molar-refractivity contribution in [2.75, 3.05) is 10.6 Å². The van der Waals surface area contributed by atoms with Crippen LogP contribution < -0.4 is 10.6 Å². The van der Waals surface area contributed by atoms with Crippen LogP contribution in [-0.2, 0) is 10.9 Å². The third kappa shape index (κ3) is 6.04. The molecule has 16 heteroatoms. The van der Waals surface area contributed by atoms with Crippen molar-refractivity contribution < 1.29 is 27.5 Å². The van der Waals surface area contributed by atoms with Gasteiger partial charge in [-0.05, 0) is 39.3 Å². The lowest BCUT2D eigenvalue weighted by atomic mass is 10.2. The highest BCUT2D eigenvalue weighted by Crippen LogP contribution is 2.35. The van der Waals surface area contributed by atoms with E-state index in [0.717, 1.165) is 17.2 Å². The van der Waals surface area contributed by atoms with E-state index < -0.39 is 35.0 Å². The number of ether oxygens (including phenoxy) is 1. The molecule has 4 aromatic rings. The topological polar surface area (TPSA) is 166 Å². The lowest BCUT2D eigenvalue weighted by molar-refractivity contribution is -0.143. The minimum atomic E-state index is -5.01. The summed E-state index contributed by atoms with van der Waals surface area (Å²) in [6, 6.07) is 4.28. The van der Waals surface area contributed by atoms with Crippen LogP contribution in [0.3, 0.4) is 0 Å². The Bertz CT molecular complexity index is 1620. The van der Waals surface area contributed by atoms with Crippen LogP contribution in [0.5, 0.6) is 0 Å². The highest BCUT2D eigenvalue weighted by molar-refractivity contribution is 6.05. The summed E-state index contributed by atoms with van der Waals surface area (Å²) in [6.07, 6.45) is 0.0337. The van der Waals surface area contributed by atoms with Gasteiger partial charge in [0.05, 0.1) is 41.7 Å². The number of aromatic nitrogens is 7. The van der Waals surface area contributed by atoms with Crippen LogP contribution >= 0.6 is 0 Å². The number of halogens is 3. The molecule has 2 amide bonds. The van der Waals surface area contributed by atoms with Gasteiger partial charge in [-0.1, -0.05) is 0 Å². The lowest BCUT2D eigenvalue weighted by Gasteiger charge is -2.20. The molecule has 0 radical (unpaired) electrons. The van der Waals surface area contributed by atoms with Crippen LogP contribution in [0.2, 0.25) is 0 Å². The lowest BCUT2D eigenvalue weighted by Crippen LogP contribution is -2.27. The second-order valence-electron chi connectivity index (χ2n) is 9.28. The normalized spacial score (nSPS) is 11.6. The standard InChI is InChI=1S/C24H21F3N10O3/c1-13-10-29-18(35-22(39)40-23(2,3)4)8-17(13)36-19(24(25,26)27)16(12-33-36)21(38)34-15-7-14(9-28)20(30-11-15)37-31-5-6-32-37/h5-8,10-12H,1-4H3,(H,34,38)(H,29,35,39). The smallest absolute Gasteiger partial charge is 0.434 e. The fourth-order valence-corrected chi connectivity index (χ4v) is 3.48. The Morgan fingerprint density at radius 2 is 1.70 bits per heavy atom. The summed E-state index contributed by atoms with van der Waals surface area (Å²) in [7, 11) is 0. The molecular weight excluding hydrogens is 533 g/mol. The Balaban J connectivity index is 1.67. The Morgan fingerprint density at radius 1 is 1.00 bits per heavy atom. The third-order valence-electron chi connectivity index (χ3n) is 5.07. The van der Waals surface area contributed by atoms with Crippen molar-refractivity contribution in [3.8, 4) is 17.6 Å². The molecule has 0 saturated heterocycles. The second kappa shape index (κ2) is 10.4. The summed E-state index contributed by atoms with van der Waals surface area (Å²) in [4.78, 5) is 34.2. The van der Waals surface area contributed by atoms with Crippen molar-refractivity contribution in [2.45, 2.75) is 39.5 Å². The van der Waals surface area contributed by atoms with Gasteiger partial charge in [0.1, 0.15) is 23.1 Å². The Hall–Kier alpha value is -5.33. The molecule has 206 valence electrons. The maximum Gasteiger partial charge on any atom is 0.434 e. The van der Waals surface area contributed by atoms with Crippen molar-refractivity contribution in [1.29, 1.82) is 5.26 Å². The van der Waals surface area contributed by atoms with Crippen molar-refractivity contribution in [1.82, 2.24) is 34.7 Å². The average Bonchev–Trinajstić information content (AvgIpc) is 3.54. The van der Waals surface area contributed by atoms with E-state index in [2.05, 4.69) is 35.9 Å². The number of hydrogen-bond donors (Lipinski definition) is 2. The number of rotatable bonds is 5. The van der Waals surface area contributed by atoms with E-state index in [1.807, 2.05) is 6.07 Å². The molecule has 0 aromatic carbocycles. The van der Waals surface area contributed by atoms with E-state index >= 15 is 0 Å². The number of alkyl halides is 3. The van der Waals surface area contributed by atoms with Crippen LogP contribution in [0.4, 0.5) is 29.5 Å². The largest absolute Gasteiger partial charge is 0.444 e. The molecule has 0 fully saturated rings. The molecule has 0 aliphatic rings. The Labute approximate surface area is 224 Å². The molecule has 40 heavy (non-hydrogen) atoms. The van der Waals surface area contributed by atoms with Crippen LogP contribution in [-0.4, -0.2) is 52.3 Å². The number of hydrogen-bond acceptors (Lipinski definition) is 9. The second-order valence-corrected chi connectivity index (χ2v) is 9.28. The number of amides is 2. The van der Waals surface area contributed by atoms with Gasteiger partial charge in [-0.2, -0.15) is 33.7 Å². The molecule has 0 unspecified atom stereocenters. The molecule has 4 rings (SSSR count). The molecule has 0 aliphatic carbocycles. The molecule has 2 N–H and O–H groups in total. The molecule has 0 atom stereocenters. The molecule has 13 nitrogen and oxygen atoms in total. The molecule has 0 bridgehead atoms. The highest BCUT2D eigenvalue weighted by atomic mass is 19.4. The quantitative estimate of drug-likeness (QED) is 0.370. The summed E-state index contributed by atoms with van der Waals surface area (Å²) in [5, 5.41) is 25.7. The molecular formula is C24H21F3N10O3. The first-order valence-electron chi connectivity index (χ1n) is 11.5. The van der Waals surface area contributed by atoms with E-state index in [-0.39, 0.29) is 34.1 Å². The van der Waals surface area contributed by atoms with E-state index in [4.69, 9.17) is 4.74 Å². The molecule has 4 aromatic heterocycles. The average molecular weight is 554 g/mol. The van der Waals surface area contributed by atoms with Crippen molar-refractivity contribution >= 4 is 23.5 Å². The summed E-state index contributed by atoms with van der Waals surface area (Å²) < 4.78 is 48.5. The van der Waals surface area contributed by atoms with E-state index in [0.29, 0.717) is 4.68 Å². The van der Waals surface area contributed by atoms with Gasteiger partial charge in [-0.3, -0.25) is 10.1 Å². The minimum absolute atomic E-state index is 0.0295. The predicted molar refractivity (Wildman–Crippen MR) is 133 cm³/mol. The van der Waals surface area contributed by atoms with Crippen LogP contribution in [0.25, 0.3) is 11.5 Å². The number of nitrogens with one attached hydrogen (secondary N) is 2. The number of aryl methyl sites for hydroxylation is 1. The summed E-state index contributed by atoms with van der Waals surface area (Å²) in [5.41, 5.74) is -2.85. The summed E-state index contributed by atoms with van der Waals surface area (Å²) >= 11 is 0. The van der Waals surface area contributed by atoms with E-state index in [1.165, 1.54) is 37.6 Å². The first-order valence-corrected chi connectivity index (χ1v) is 11.5. The molecule has 0 spiro atoms. The van der Waals surface area contributed by atoms with Gasteiger partial charge in [-0.15, -0.1) is 4.80 Å². The van der Waals surface area contributed by atoms with E-state index in [1.54, 1.807) is 20.8 Å². The number of nitriles is 1.